The molecular weight excluding hydrogens is 392 g/mol. The van der Waals surface area contributed by atoms with Crippen LogP contribution in [-0.4, -0.2) is 24.2 Å². The van der Waals surface area contributed by atoms with Crippen molar-refractivity contribution in [1.82, 2.24) is 15.2 Å². The van der Waals surface area contributed by atoms with Crippen molar-refractivity contribution in [3.63, 3.8) is 0 Å². The average Bonchev–Trinajstić information content (AvgIpc) is 2.91. The highest BCUT2D eigenvalue weighted by atomic mass is 79.9. The minimum atomic E-state index is -4.14. The fourth-order valence-corrected chi connectivity index (χ4v) is 2.89. The number of nitrogens with zero attached hydrogens (tertiary/aromatic N) is 1. The molecule has 1 heterocycles. The second-order valence-corrected chi connectivity index (χ2v) is 7.09. The zero-order chi connectivity index (χ0) is 17.2. The van der Waals surface area contributed by atoms with E-state index in [0.717, 1.165) is 6.07 Å². The third-order valence-corrected chi connectivity index (χ3v) is 4.58. The van der Waals surface area contributed by atoms with E-state index in [0.29, 0.717) is 10.0 Å². The third-order valence-electron chi connectivity index (χ3n) is 2.88. The standard InChI is InChI=1S/C12H11BrN4O5S/c1-7-2-3-9(5-11(7)17(19)20)23(21,22)16-15-12(18)10-4-8(13)6-14-10/h2-6,14,16H,1H3,(H,15,18). The van der Waals surface area contributed by atoms with Crippen molar-refractivity contribution in [2.45, 2.75) is 11.8 Å². The van der Waals surface area contributed by atoms with Gasteiger partial charge in [0.25, 0.3) is 21.6 Å². The number of sulfonamides is 1. The highest BCUT2D eigenvalue weighted by molar-refractivity contribution is 9.10. The predicted octanol–water partition coefficient (Wildman–Crippen LogP) is 1.62. The molecule has 0 aliphatic heterocycles. The molecule has 1 aromatic carbocycles. The SMILES string of the molecule is Cc1ccc(S(=O)(=O)NNC(=O)c2cc(Br)c[nH]2)cc1[N+](=O)[O-]. The van der Waals surface area contributed by atoms with E-state index in [4.69, 9.17) is 0 Å². The maximum absolute atomic E-state index is 12.1. The molecule has 2 rings (SSSR count). The molecule has 0 fully saturated rings. The first-order chi connectivity index (χ1) is 10.7. The van der Waals surface area contributed by atoms with E-state index < -0.39 is 20.9 Å². The summed E-state index contributed by atoms with van der Waals surface area (Å²) in [6.07, 6.45) is 1.51. The Balaban J connectivity index is 2.17. The summed E-state index contributed by atoms with van der Waals surface area (Å²) in [5.41, 5.74) is 2.15. The summed E-state index contributed by atoms with van der Waals surface area (Å²) in [6, 6.07) is 4.91. The number of H-pyrrole nitrogens is 1. The number of benzene rings is 1. The zero-order valence-corrected chi connectivity index (χ0v) is 14.1. The van der Waals surface area contributed by atoms with E-state index in [-0.39, 0.29) is 16.3 Å². The Morgan fingerprint density at radius 1 is 1.35 bits per heavy atom. The van der Waals surface area contributed by atoms with E-state index in [1.165, 1.54) is 31.3 Å². The predicted molar refractivity (Wildman–Crippen MR) is 84.1 cm³/mol. The monoisotopic (exact) mass is 402 g/mol. The number of amides is 1. The summed E-state index contributed by atoms with van der Waals surface area (Å²) in [5.74, 6) is -0.708. The van der Waals surface area contributed by atoms with Crippen molar-refractivity contribution in [3.05, 3.63) is 56.3 Å². The number of hydrazine groups is 1. The van der Waals surface area contributed by atoms with Gasteiger partial charge in [0.2, 0.25) is 0 Å². The summed E-state index contributed by atoms with van der Waals surface area (Å²) in [5, 5.41) is 10.9. The number of nitro groups is 1. The Kier molecular flexibility index (Phi) is 4.82. The van der Waals surface area contributed by atoms with Crippen LogP contribution < -0.4 is 10.3 Å². The van der Waals surface area contributed by atoms with Crippen LogP contribution in [0.25, 0.3) is 0 Å². The Bertz CT molecular complexity index is 877. The number of halogens is 1. The van der Waals surface area contributed by atoms with E-state index in [1.807, 2.05) is 10.3 Å². The first-order valence-electron chi connectivity index (χ1n) is 6.12. The summed E-state index contributed by atoms with van der Waals surface area (Å²) in [6.45, 7) is 1.49. The minimum Gasteiger partial charge on any atom is -0.356 e. The van der Waals surface area contributed by atoms with Crippen LogP contribution >= 0.6 is 15.9 Å². The van der Waals surface area contributed by atoms with Gasteiger partial charge in [-0.3, -0.25) is 20.3 Å². The van der Waals surface area contributed by atoms with Gasteiger partial charge in [-0.2, -0.15) is 0 Å². The molecule has 9 nitrogen and oxygen atoms in total. The number of aromatic amines is 1. The van der Waals surface area contributed by atoms with Crippen molar-refractivity contribution in [3.8, 4) is 0 Å². The third kappa shape index (κ3) is 3.94. The Morgan fingerprint density at radius 2 is 2.04 bits per heavy atom. The van der Waals surface area contributed by atoms with Gasteiger partial charge in [-0.25, -0.2) is 8.42 Å². The molecule has 122 valence electrons. The fraction of sp³-hybridized carbons (Fsp3) is 0.0833. The molecule has 1 amide bonds. The van der Waals surface area contributed by atoms with Crippen LogP contribution in [0.3, 0.4) is 0 Å². The van der Waals surface area contributed by atoms with E-state index in [9.17, 15) is 23.3 Å². The van der Waals surface area contributed by atoms with Crippen molar-refractivity contribution in [2.24, 2.45) is 0 Å². The van der Waals surface area contributed by atoms with Crippen molar-refractivity contribution >= 4 is 37.5 Å². The molecule has 0 bridgehead atoms. The molecule has 0 spiro atoms. The van der Waals surface area contributed by atoms with Gasteiger partial charge < -0.3 is 4.98 Å². The molecule has 11 heteroatoms. The number of nitrogens with one attached hydrogen (secondary N) is 3. The largest absolute Gasteiger partial charge is 0.356 e. The summed E-state index contributed by atoms with van der Waals surface area (Å²) < 4.78 is 24.8. The maximum Gasteiger partial charge on any atom is 0.282 e. The number of carbonyl (C=O) groups is 1. The molecular formula is C12H11BrN4O5S. The normalized spacial score (nSPS) is 11.2. The van der Waals surface area contributed by atoms with Crippen LogP contribution in [-0.2, 0) is 10.0 Å². The lowest BCUT2D eigenvalue weighted by Crippen LogP contribution is -2.41. The molecule has 1 aromatic heterocycles. The van der Waals surface area contributed by atoms with Gasteiger partial charge in [-0.15, -0.1) is 4.83 Å². The van der Waals surface area contributed by atoms with Crippen LogP contribution in [0.2, 0.25) is 0 Å². The number of aryl methyl sites for hydroxylation is 1. The number of carbonyl (C=O) groups excluding carboxylic acids is 1. The van der Waals surface area contributed by atoms with E-state index in [2.05, 4.69) is 20.9 Å². The zero-order valence-electron chi connectivity index (χ0n) is 11.7. The second kappa shape index (κ2) is 6.48. The molecule has 0 unspecified atom stereocenters. The van der Waals surface area contributed by atoms with Gasteiger partial charge in [-0.05, 0) is 35.0 Å². The number of rotatable bonds is 5. The van der Waals surface area contributed by atoms with Crippen LogP contribution in [0.1, 0.15) is 16.1 Å². The van der Waals surface area contributed by atoms with Crippen LogP contribution in [0.15, 0.2) is 39.8 Å². The minimum absolute atomic E-state index is 0.134. The lowest BCUT2D eigenvalue weighted by molar-refractivity contribution is -0.385. The maximum atomic E-state index is 12.1. The van der Waals surface area contributed by atoms with E-state index >= 15 is 0 Å². The topological polar surface area (TPSA) is 134 Å². The lowest BCUT2D eigenvalue weighted by atomic mass is 10.2. The molecule has 0 aliphatic carbocycles. The number of hydrogen-bond acceptors (Lipinski definition) is 5. The van der Waals surface area contributed by atoms with Crippen LogP contribution in [0, 0.1) is 17.0 Å². The number of hydrogen-bond donors (Lipinski definition) is 3. The highest BCUT2D eigenvalue weighted by Gasteiger charge is 2.20. The molecule has 0 aliphatic rings. The van der Waals surface area contributed by atoms with Crippen LogP contribution in [0.4, 0.5) is 5.69 Å². The van der Waals surface area contributed by atoms with Gasteiger partial charge in [0, 0.05) is 22.3 Å². The number of nitro benzene ring substituents is 1. The van der Waals surface area contributed by atoms with Crippen LogP contribution in [0.5, 0.6) is 0 Å². The smallest absolute Gasteiger partial charge is 0.282 e. The number of aromatic nitrogens is 1. The van der Waals surface area contributed by atoms with Gasteiger partial charge in [-0.1, -0.05) is 6.07 Å². The summed E-state index contributed by atoms with van der Waals surface area (Å²) >= 11 is 3.14. The molecule has 0 saturated carbocycles. The quantitative estimate of drug-likeness (QED) is 0.515. The van der Waals surface area contributed by atoms with Gasteiger partial charge in [0.1, 0.15) is 5.69 Å². The molecule has 23 heavy (non-hydrogen) atoms. The van der Waals surface area contributed by atoms with Crippen molar-refractivity contribution in [1.29, 1.82) is 0 Å². The Labute approximate surface area is 139 Å². The molecule has 0 saturated heterocycles. The van der Waals surface area contributed by atoms with E-state index in [1.54, 1.807) is 0 Å². The fourth-order valence-electron chi connectivity index (χ4n) is 1.69. The van der Waals surface area contributed by atoms with Gasteiger partial charge in [0.15, 0.2) is 0 Å². The van der Waals surface area contributed by atoms with Gasteiger partial charge in [0.05, 0.1) is 9.82 Å². The Hall–Kier alpha value is -2.24. The first kappa shape index (κ1) is 17.1. The van der Waals surface area contributed by atoms with Crippen molar-refractivity contribution in [2.75, 3.05) is 0 Å². The molecule has 0 atom stereocenters. The summed E-state index contributed by atoms with van der Waals surface area (Å²) in [7, 11) is -4.14. The van der Waals surface area contributed by atoms with Gasteiger partial charge >= 0.3 is 0 Å². The highest BCUT2D eigenvalue weighted by Crippen LogP contribution is 2.21. The lowest BCUT2D eigenvalue weighted by Gasteiger charge is -2.08. The molecule has 2 aromatic rings. The van der Waals surface area contributed by atoms with Crippen molar-refractivity contribution < 1.29 is 18.1 Å². The first-order valence-corrected chi connectivity index (χ1v) is 8.39. The average molecular weight is 403 g/mol. The second-order valence-electron chi connectivity index (χ2n) is 4.50. The molecule has 3 N–H and O–H groups in total. The summed E-state index contributed by atoms with van der Waals surface area (Å²) in [4.78, 5) is 26.1. The molecule has 0 radical (unpaired) electrons. The Morgan fingerprint density at radius 3 is 2.61 bits per heavy atom.